The van der Waals surface area contributed by atoms with Gasteiger partial charge in [-0.1, -0.05) is 65.8 Å². The number of carbonyl (C=O) groups is 1. The number of rotatable bonds is 6. The first-order chi connectivity index (χ1) is 17.6. The van der Waals surface area contributed by atoms with Crippen LogP contribution in [0, 0.1) is 0 Å². The van der Waals surface area contributed by atoms with Gasteiger partial charge in [-0.05, 0) is 6.07 Å². The lowest BCUT2D eigenvalue weighted by Crippen LogP contribution is -2.41. The number of ether oxygens (including phenoxy) is 2. The molecule has 6 rings (SSSR count). The Bertz CT molecular complexity index is 1720. The molecule has 3 aromatic carbocycles. The van der Waals surface area contributed by atoms with Crippen molar-refractivity contribution in [1.29, 1.82) is 0 Å². The third-order valence-corrected chi connectivity index (χ3v) is 5.91. The molecular weight excluding hydrogens is 464 g/mol. The van der Waals surface area contributed by atoms with Crippen molar-refractivity contribution in [1.82, 2.24) is 19.3 Å². The van der Waals surface area contributed by atoms with Gasteiger partial charge in [0.15, 0.2) is 17.3 Å². The fourth-order valence-electron chi connectivity index (χ4n) is 4.12. The minimum Gasteiger partial charge on any atom is -0.454 e. The van der Waals surface area contributed by atoms with Crippen LogP contribution in [0.4, 0.5) is 0 Å². The zero-order valence-corrected chi connectivity index (χ0v) is 18.8. The normalized spacial score (nSPS) is 12.2. The minimum absolute atomic E-state index is 0.00271. The average molecular weight is 482 g/mol. The summed E-state index contributed by atoms with van der Waals surface area (Å²) in [6.45, 7) is -0.545. The Morgan fingerprint density at radius 3 is 2.33 bits per heavy atom. The van der Waals surface area contributed by atoms with E-state index in [4.69, 9.17) is 14.0 Å². The molecule has 0 saturated carbocycles. The zero-order valence-electron chi connectivity index (χ0n) is 18.8. The van der Waals surface area contributed by atoms with Gasteiger partial charge in [-0.3, -0.25) is 18.7 Å². The summed E-state index contributed by atoms with van der Waals surface area (Å²) in [5, 5.41) is 4.16. The number of hydrogen-bond acceptors (Lipinski definition) is 8. The predicted molar refractivity (Wildman–Crippen MR) is 128 cm³/mol. The lowest BCUT2D eigenvalue weighted by Gasteiger charge is -2.13. The summed E-state index contributed by atoms with van der Waals surface area (Å²) in [5.74, 6) is 0.904. The second-order valence-electron chi connectivity index (χ2n) is 8.15. The number of Topliss-reactive ketones (excluding diaryl/α,β-unsaturated/α-hetero) is 1. The molecule has 1 aliphatic heterocycles. The molecule has 2 aromatic heterocycles. The number of nitrogens with zero attached hydrogens (tertiary/aromatic N) is 4. The molecule has 0 fully saturated rings. The molecule has 1 aliphatic rings. The summed E-state index contributed by atoms with van der Waals surface area (Å²) < 4.78 is 18.4. The summed E-state index contributed by atoms with van der Waals surface area (Å²) in [4.78, 5) is 44.3. The first-order valence-electron chi connectivity index (χ1n) is 11.1. The zero-order chi connectivity index (χ0) is 24.6. The van der Waals surface area contributed by atoms with Gasteiger partial charge >= 0.3 is 5.69 Å². The van der Waals surface area contributed by atoms with E-state index in [0.717, 1.165) is 10.1 Å². The van der Waals surface area contributed by atoms with Gasteiger partial charge < -0.3 is 14.0 Å². The van der Waals surface area contributed by atoms with Gasteiger partial charge in [0, 0.05) is 17.2 Å². The van der Waals surface area contributed by atoms with Gasteiger partial charge in [0.25, 0.3) is 5.56 Å². The standard InChI is InChI=1S/C26H18N4O6/c31-20(16-7-3-1-4-8-16)13-29-19-12-22-21(34-15-35-22)11-18(19)25(32)30(26(29)33)14-23-27-24(28-36-23)17-9-5-2-6-10-17/h1-12H,13-15H2. The Morgan fingerprint density at radius 2 is 1.58 bits per heavy atom. The molecule has 0 atom stereocenters. The maximum atomic E-state index is 13.6. The van der Waals surface area contributed by atoms with E-state index < -0.39 is 11.2 Å². The first kappa shape index (κ1) is 21.5. The molecule has 0 bridgehead atoms. The minimum atomic E-state index is -0.685. The van der Waals surface area contributed by atoms with Crippen LogP contribution in [0.15, 0.2) is 86.9 Å². The maximum Gasteiger partial charge on any atom is 0.332 e. The molecule has 3 heterocycles. The van der Waals surface area contributed by atoms with E-state index >= 15 is 0 Å². The van der Waals surface area contributed by atoms with Crippen molar-refractivity contribution in [3.05, 3.63) is 105 Å². The number of aromatic nitrogens is 4. The second-order valence-corrected chi connectivity index (χ2v) is 8.15. The molecule has 0 spiro atoms. The van der Waals surface area contributed by atoms with E-state index in [1.54, 1.807) is 36.4 Å². The Balaban J connectivity index is 1.47. The third-order valence-electron chi connectivity index (χ3n) is 5.91. The van der Waals surface area contributed by atoms with E-state index in [1.165, 1.54) is 10.6 Å². The van der Waals surface area contributed by atoms with E-state index in [-0.39, 0.29) is 42.5 Å². The van der Waals surface area contributed by atoms with Gasteiger partial charge in [-0.25, -0.2) is 4.79 Å². The highest BCUT2D eigenvalue weighted by molar-refractivity contribution is 5.96. The molecule has 0 unspecified atom stereocenters. The molecule has 0 saturated heterocycles. The fraction of sp³-hybridized carbons (Fsp3) is 0.115. The van der Waals surface area contributed by atoms with Crippen LogP contribution in [-0.2, 0) is 13.1 Å². The Morgan fingerprint density at radius 1 is 0.889 bits per heavy atom. The molecule has 5 aromatic rings. The third kappa shape index (κ3) is 3.74. The average Bonchev–Trinajstić information content (AvgIpc) is 3.58. The lowest BCUT2D eigenvalue weighted by atomic mass is 10.1. The van der Waals surface area contributed by atoms with E-state index in [1.807, 2.05) is 30.3 Å². The number of carbonyl (C=O) groups excluding carboxylic acids is 1. The smallest absolute Gasteiger partial charge is 0.332 e. The summed E-state index contributed by atoms with van der Waals surface area (Å²) in [6.07, 6.45) is 0. The van der Waals surface area contributed by atoms with Crippen LogP contribution in [0.25, 0.3) is 22.3 Å². The highest BCUT2D eigenvalue weighted by Gasteiger charge is 2.23. The number of fused-ring (bicyclic) bond motifs is 2. The Labute approximate surface area is 202 Å². The first-order valence-corrected chi connectivity index (χ1v) is 11.1. The van der Waals surface area contributed by atoms with Crippen molar-refractivity contribution in [2.75, 3.05) is 6.79 Å². The van der Waals surface area contributed by atoms with E-state index in [0.29, 0.717) is 22.9 Å². The van der Waals surface area contributed by atoms with Gasteiger partial charge in [0.1, 0.15) is 6.54 Å². The Kier molecular flexibility index (Phi) is 5.18. The summed E-state index contributed by atoms with van der Waals surface area (Å²) in [7, 11) is 0. The predicted octanol–water partition coefficient (Wildman–Crippen LogP) is 2.87. The Hall–Kier alpha value is -4.99. The number of hydrogen-bond donors (Lipinski definition) is 0. The van der Waals surface area contributed by atoms with Crippen LogP contribution in [0.3, 0.4) is 0 Å². The van der Waals surface area contributed by atoms with Crippen molar-refractivity contribution < 1.29 is 18.8 Å². The van der Waals surface area contributed by atoms with Crippen molar-refractivity contribution >= 4 is 16.7 Å². The molecule has 10 heteroatoms. The lowest BCUT2D eigenvalue weighted by molar-refractivity contribution is 0.0971. The summed E-state index contributed by atoms with van der Waals surface area (Å²) in [5.41, 5.74) is 0.189. The van der Waals surface area contributed by atoms with Crippen molar-refractivity contribution in [3.8, 4) is 22.9 Å². The van der Waals surface area contributed by atoms with Crippen LogP contribution < -0.4 is 20.7 Å². The highest BCUT2D eigenvalue weighted by atomic mass is 16.7. The van der Waals surface area contributed by atoms with Gasteiger partial charge in [0.2, 0.25) is 18.5 Å². The summed E-state index contributed by atoms with van der Waals surface area (Å²) >= 11 is 0. The highest BCUT2D eigenvalue weighted by Crippen LogP contribution is 2.34. The maximum absolute atomic E-state index is 13.6. The SMILES string of the molecule is O=C(Cn1c(=O)n(Cc2nc(-c3ccccc3)no2)c(=O)c2cc3c(cc21)OCO3)c1ccccc1. The molecular formula is C26H18N4O6. The quantitative estimate of drug-likeness (QED) is 0.339. The van der Waals surface area contributed by atoms with Crippen molar-refractivity contribution in [2.45, 2.75) is 13.1 Å². The molecule has 10 nitrogen and oxygen atoms in total. The monoisotopic (exact) mass is 482 g/mol. The number of benzene rings is 3. The van der Waals surface area contributed by atoms with Crippen LogP contribution >= 0.6 is 0 Å². The molecule has 0 radical (unpaired) electrons. The van der Waals surface area contributed by atoms with Gasteiger partial charge in [-0.2, -0.15) is 4.98 Å². The number of ketones is 1. The van der Waals surface area contributed by atoms with E-state index in [9.17, 15) is 14.4 Å². The van der Waals surface area contributed by atoms with Crippen molar-refractivity contribution in [2.24, 2.45) is 0 Å². The molecule has 0 N–H and O–H groups in total. The van der Waals surface area contributed by atoms with Crippen molar-refractivity contribution in [3.63, 3.8) is 0 Å². The van der Waals surface area contributed by atoms with Crippen LogP contribution in [-0.4, -0.2) is 31.9 Å². The van der Waals surface area contributed by atoms with E-state index in [2.05, 4.69) is 10.1 Å². The van der Waals surface area contributed by atoms with Crippen LogP contribution in [0.2, 0.25) is 0 Å². The fourth-order valence-corrected chi connectivity index (χ4v) is 4.12. The van der Waals surface area contributed by atoms with Crippen LogP contribution in [0.1, 0.15) is 16.2 Å². The molecule has 178 valence electrons. The molecule has 0 aliphatic carbocycles. The molecule has 36 heavy (non-hydrogen) atoms. The summed E-state index contributed by atoms with van der Waals surface area (Å²) in [6, 6.07) is 20.9. The second kappa shape index (κ2) is 8.66. The van der Waals surface area contributed by atoms with Crippen LogP contribution in [0.5, 0.6) is 11.5 Å². The van der Waals surface area contributed by atoms with Gasteiger partial charge in [-0.15, -0.1) is 0 Å². The topological polar surface area (TPSA) is 118 Å². The largest absolute Gasteiger partial charge is 0.454 e. The molecule has 0 amide bonds. The van der Waals surface area contributed by atoms with Gasteiger partial charge in [0.05, 0.1) is 17.4 Å².